The second-order valence-electron chi connectivity index (χ2n) is 14.3. The van der Waals surface area contributed by atoms with Crippen LogP contribution < -0.4 is 15.4 Å². The summed E-state index contributed by atoms with van der Waals surface area (Å²) in [4.78, 5) is 46.6. The molecule has 4 aromatic rings. The van der Waals surface area contributed by atoms with Gasteiger partial charge in [-0.15, -0.1) is 0 Å². The number of fused-ring (bicyclic) bond motifs is 4. The van der Waals surface area contributed by atoms with Gasteiger partial charge in [0.1, 0.15) is 16.9 Å². The molecule has 2 N–H and O–H groups in total. The summed E-state index contributed by atoms with van der Waals surface area (Å²) in [6.07, 6.45) is 2.95. The van der Waals surface area contributed by atoms with Gasteiger partial charge in [-0.2, -0.15) is 0 Å². The fourth-order valence-corrected chi connectivity index (χ4v) is 7.57. The van der Waals surface area contributed by atoms with Gasteiger partial charge in [0, 0.05) is 48.9 Å². The van der Waals surface area contributed by atoms with Crippen molar-refractivity contribution in [2.75, 3.05) is 13.7 Å². The fourth-order valence-electron chi connectivity index (χ4n) is 7.57. The van der Waals surface area contributed by atoms with Crippen LogP contribution >= 0.6 is 0 Å². The van der Waals surface area contributed by atoms with Crippen molar-refractivity contribution in [1.29, 1.82) is 0 Å². The van der Waals surface area contributed by atoms with Gasteiger partial charge in [0.25, 0.3) is 5.91 Å². The molecule has 11 heteroatoms. The first-order valence-corrected chi connectivity index (χ1v) is 16.7. The van der Waals surface area contributed by atoms with E-state index in [1.165, 1.54) is 23.7 Å². The quantitative estimate of drug-likeness (QED) is 0.272. The number of hydrogen-bond donors (Lipinski definition) is 2. The highest BCUT2D eigenvalue weighted by Gasteiger charge is 2.55. The Morgan fingerprint density at radius 2 is 1.83 bits per heavy atom. The molecule has 3 heterocycles. The predicted octanol–water partition coefficient (Wildman–Crippen LogP) is 5.25. The molecule has 248 valence electrons. The summed E-state index contributed by atoms with van der Waals surface area (Å²) in [5, 5.41) is 7.28. The fraction of sp³-hybridized carbons (Fsp3) is 0.500. The zero-order chi connectivity index (χ0) is 33.2. The molecule has 0 radical (unpaired) electrons. The van der Waals surface area contributed by atoms with Crippen molar-refractivity contribution < 1.29 is 23.9 Å². The predicted molar refractivity (Wildman–Crippen MR) is 179 cm³/mol. The molecule has 1 saturated heterocycles. The average Bonchev–Trinajstić information content (AvgIpc) is 3.42. The summed E-state index contributed by atoms with van der Waals surface area (Å²) < 4.78 is 15.9. The van der Waals surface area contributed by atoms with Crippen molar-refractivity contribution in [2.45, 2.75) is 83.6 Å². The first-order valence-electron chi connectivity index (χ1n) is 16.7. The number of benzene rings is 2. The number of imidazole rings is 1. The van der Waals surface area contributed by atoms with Gasteiger partial charge in [-0.1, -0.05) is 25.1 Å². The van der Waals surface area contributed by atoms with Gasteiger partial charge in [0.15, 0.2) is 5.82 Å². The van der Waals surface area contributed by atoms with Gasteiger partial charge in [0.05, 0.1) is 36.4 Å². The Labute approximate surface area is 274 Å². The molecular formula is C36H44N6O5. The van der Waals surface area contributed by atoms with Gasteiger partial charge >= 0.3 is 6.09 Å². The molecule has 3 fully saturated rings. The van der Waals surface area contributed by atoms with Crippen molar-refractivity contribution in [1.82, 2.24) is 29.7 Å². The zero-order valence-electron chi connectivity index (χ0n) is 28.0. The maximum Gasteiger partial charge on any atom is 0.407 e. The number of piperidine rings is 1. The summed E-state index contributed by atoms with van der Waals surface area (Å²) in [5.41, 5.74) is 3.48. The molecule has 4 atom stereocenters. The van der Waals surface area contributed by atoms with Gasteiger partial charge in [0.2, 0.25) is 5.91 Å². The van der Waals surface area contributed by atoms with Crippen LogP contribution in [0.25, 0.3) is 33.5 Å². The third-order valence-electron chi connectivity index (χ3n) is 9.83. The number of aryl methyl sites for hydroxylation is 1. The smallest absolute Gasteiger partial charge is 0.407 e. The minimum absolute atomic E-state index is 0.0286. The highest BCUT2D eigenvalue weighted by Crippen LogP contribution is 2.41. The Balaban J connectivity index is 1.24. The molecule has 2 bridgehead atoms. The lowest BCUT2D eigenvalue weighted by atomic mass is 10.0. The first kappa shape index (κ1) is 31.1. The summed E-state index contributed by atoms with van der Waals surface area (Å²) >= 11 is 0. The molecule has 47 heavy (non-hydrogen) atoms. The van der Waals surface area contributed by atoms with Crippen molar-refractivity contribution in [3.8, 4) is 17.3 Å². The van der Waals surface area contributed by atoms with E-state index in [0.717, 1.165) is 23.6 Å². The van der Waals surface area contributed by atoms with Crippen LogP contribution in [-0.2, 0) is 23.1 Å². The van der Waals surface area contributed by atoms with Crippen molar-refractivity contribution in [3.63, 3.8) is 0 Å². The summed E-state index contributed by atoms with van der Waals surface area (Å²) in [6, 6.07) is 13.2. The number of carbonyl (C=O) groups is 3. The molecule has 1 aliphatic heterocycles. The van der Waals surface area contributed by atoms with Crippen LogP contribution in [0.5, 0.6) is 5.75 Å². The molecule has 3 amide bonds. The van der Waals surface area contributed by atoms with E-state index < -0.39 is 17.7 Å². The molecule has 3 aliphatic rings. The van der Waals surface area contributed by atoms with Crippen LogP contribution in [0.3, 0.4) is 0 Å². The topological polar surface area (TPSA) is 120 Å². The van der Waals surface area contributed by atoms with Crippen molar-refractivity contribution >= 4 is 39.8 Å². The molecule has 2 aromatic carbocycles. The third-order valence-corrected chi connectivity index (χ3v) is 9.83. The van der Waals surface area contributed by atoms with Crippen LogP contribution in [0.4, 0.5) is 4.79 Å². The summed E-state index contributed by atoms with van der Waals surface area (Å²) in [6.45, 7) is 8.64. The molecule has 2 aliphatic carbocycles. The number of aromatic nitrogens is 3. The van der Waals surface area contributed by atoms with Crippen molar-refractivity contribution in [3.05, 3.63) is 48.0 Å². The van der Waals surface area contributed by atoms with Crippen LogP contribution in [0.1, 0.15) is 63.7 Å². The van der Waals surface area contributed by atoms with Gasteiger partial charge in [-0.25, -0.2) is 9.78 Å². The van der Waals surface area contributed by atoms with E-state index in [-0.39, 0.29) is 29.8 Å². The minimum Gasteiger partial charge on any atom is -0.494 e. The second kappa shape index (κ2) is 11.6. The normalized spacial score (nSPS) is 22.2. The third kappa shape index (κ3) is 5.70. The SMILES string of the molecule is CCC(=O)N[C@H]1C[C@@H]2CN(C(=O)c3cc(OC)c4c(c3)nc(-c3cc5ccccc5n3CC3CC3)n4C)[C@H]1[C@@H]2NC(=O)OC(C)(C)C. The van der Waals surface area contributed by atoms with Crippen LogP contribution in [0.15, 0.2) is 42.5 Å². The van der Waals surface area contributed by atoms with E-state index in [1.54, 1.807) is 25.0 Å². The number of nitrogens with zero attached hydrogens (tertiary/aromatic N) is 4. The number of rotatable bonds is 8. The van der Waals surface area contributed by atoms with Crippen LogP contribution in [0.2, 0.25) is 0 Å². The van der Waals surface area contributed by atoms with Gasteiger partial charge < -0.3 is 34.1 Å². The Hall–Kier alpha value is -4.54. The molecule has 7 rings (SSSR count). The van der Waals surface area contributed by atoms with E-state index in [1.807, 2.05) is 33.9 Å². The number of hydrogen-bond acceptors (Lipinski definition) is 6. The first-order chi connectivity index (χ1) is 22.5. The number of nitrogens with one attached hydrogen (secondary N) is 2. The minimum atomic E-state index is -0.660. The lowest BCUT2D eigenvalue weighted by Crippen LogP contribution is -2.55. The number of methoxy groups -OCH3 is 1. The van der Waals surface area contributed by atoms with Gasteiger partial charge in [-0.05, 0) is 70.2 Å². The monoisotopic (exact) mass is 640 g/mol. The lowest BCUT2D eigenvalue weighted by molar-refractivity contribution is -0.121. The molecule has 0 spiro atoms. The molecular weight excluding hydrogens is 596 g/mol. The Morgan fingerprint density at radius 1 is 1.06 bits per heavy atom. The zero-order valence-corrected chi connectivity index (χ0v) is 28.0. The number of ether oxygens (including phenoxy) is 2. The highest BCUT2D eigenvalue weighted by molar-refractivity contribution is 6.01. The van der Waals surface area contributed by atoms with E-state index in [9.17, 15) is 14.4 Å². The Kier molecular flexibility index (Phi) is 7.68. The van der Waals surface area contributed by atoms with E-state index >= 15 is 0 Å². The van der Waals surface area contributed by atoms with E-state index in [4.69, 9.17) is 14.5 Å². The second-order valence-corrected chi connectivity index (χ2v) is 14.3. The largest absolute Gasteiger partial charge is 0.494 e. The number of likely N-dealkylation sites (tertiary alicyclic amines) is 1. The summed E-state index contributed by atoms with van der Waals surface area (Å²) in [5.74, 6) is 1.73. The van der Waals surface area contributed by atoms with Crippen LogP contribution in [-0.4, -0.2) is 74.3 Å². The molecule has 11 nitrogen and oxygen atoms in total. The maximum atomic E-state index is 14.3. The number of amides is 3. The highest BCUT2D eigenvalue weighted by atomic mass is 16.6. The average molecular weight is 641 g/mol. The van der Waals surface area contributed by atoms with E-state index in [2.05, 4.69) is 50.1 Å². The Bertz CT molecular complexity index is 1880. The van der Waals surface area contributed by atoms with Gasteiger partial charge in [-0.3, -0.25) is 9.59 Å². The van der Waals surface area contributed by atoms with Crippen LogP contribution in [0, 0.1) is 11.8 Å². The maximum absolute atomic E-state index is 14.3. The molecule has 2 saturated carbocycles. The summed E-state index contributed by atoms with van der Waals surface area (Å²) in [7, 11) is 3.59. The number of alkyl carbamates (subject to hydrolysis) is 1. The molecule has 2 aromatic heterocycles. The number of para-hydroxylation sites is 1. The standard InChI is InChI=1S/C36H44N6O5/c1-7-29(43)37-25-15-23-19-42(32(25)30(23)39-35(45)47-36(2,3)4)34(44)22-14-24-31(28(17-22)46-6)40(5)33(38-24)27-16-21-10-8-9-11-26(21)41(27)18-20-12-13-20/h8-11,14,16-17,20,23,25,30,32H,7,12-13,15,18-19H2,1-6H3,(H,37,43)(H,39,45)/t23-,25+,30-,32-/m1/s1. The number of carbonyl (C=O) groups excluding carboxylic acids is 3. The Morgan fingerprint density at radius 3 is 2.53 bits per heavy atom. The lowest BCUT2D eigenvalue weighted by Gasteiger charge is -2.34. The molecule has 0 unspecified atom stereocenters. The van der Waals surface area contributed by atoms with Crippen molar-refractivity contribution in [2.24, 2.45) is 18.9 Å². The van der Waals surface area contributed by atoms with E-state index in [0.29, 0.717) is 42.1 Å².